The number of methoxy groups -OCH3 is 1. The van der Waals surface area contributed by atoms with Crippen LogP contribution in [-0.2, 0) is 16.1 Å². The number of carbonyl (C=O) groups is 2. The number of benzene rings is 1. The fourth-order valence-corrected chi connectivity index (χ4v) is 2.71. The van der Waals surface area contributed by atoms with Gasteiger partial charge in [-0.05, 0) is 29.5 Å². The Morgan fingerprint density at radius 1 is 1.14 bits per heavy atom. The lowest BCUT2D eigenvalue weighted by atomic mass is 10.0. The molecule has 8 heteroatoms. The summed E-state index contributed by atoms with van der Waals surface area (Å²) in [5, 5.41) is 2.81. The van der Waals surface area contributed by atoms with Crippen LogP contribution in [0, 0.1) is 11.8 Å². The quantitative estimate of drug-likeness (QED) is 0.653. The zero-order valence-electron chi connectivity index (χ0n) is 17.3. The minimum absolute atomic E-state index is 0.0729. The first-order chi connectivity index (χ1) is 13.0. The van der Waals surface area contributed by atoms with Gasteiger partial charge in [-0.25, -0.2) is 0 Å². The lowest BCUT2D eigenvalue weighted by molar-refractivity contribution is -0.137. The van der Waals surface area contributed by atoms with E-state index in [4.69, 9.17) is 4.74 Å². The summed E-state index contributed by atoms with van der Waals surface area (Å²) in [6, 6.07) is 3.87. The van der Waals surface area contributed by atoms with Crippen molar-refractivity contribution in [1.82, 2.24) is 10.2 Å². The van der Waals surface area contributed by atoms with Gasteiger partial charge in [0.1, 0.15) is 6.04 Å². The number of nitrogens with zero attached hydrogens (tertiary/aromatic N) is 1. The molecule has 0 radical (unpaired) electrons. The molecule has 0 aliphatic carbocycles. The Bertz CT molecular complexity index is 666. The predicted molar refractivity (Wildman–Crippen MR) is 102 cm³/mol. The average molecular weight is 400 g/mol. The smallest absolute Gasteiger partial charge is 0.387 e. The standard InChI is InChI=1S/C20H30F2N2O4/c1-12(2)9-17(25)23-18(13(3)4)19(26)24(5)11-14-7-8-15(28-20(21)22)16(10-14)27-6/h7-8,10,12-13,18,20H,9,11H2,1-6H3,(H,23,25). The number of likely N-dealkylation sites (N-methyl/N-ethyl adjacent to an activating group) is 1. The maximum atomic E-state index is 12.8. The first kappa shape index (κ1) is 23.7. The van der Waals surface area contributed by atoms with Crippen molar-refractivity contribution in [3.8, 4) is 11.5 Å². The van der Waals surface area contributed by atoms with Crippen LogP contribution >= 0.6 is 0 Å². The van der Waals surface area contributed by atoms with Gasteiger partial charge in [0.25, 0.3) is 0 Å². The third-order valence-corrected chi connectivity index (χ3v) is 4.08. The van der Waals surface area contributed by atoms with Crippen LogP contribution in [0.5, 0.6) is 11.5 Å². The van der Waals surface area contributed by atoms with Gasteiger partial charge in [-0.1, -0.05) is 33.8 Å². The Morgan fingerprint density at radius 3 is 2.29 bits per heavy atom. The minimum Gasteiger partial charge on any atom is -0.493 e. The van der Waals surface area contributed by atoms with E-state index in [1.54, 1.807) is 19.2 Å². The second-order valence-corrected chi connectivity index (χ2v) is 7.45. The summed E-state index contributed by atoms with van der Waals surface area (Å²) in [6.07, 6.45) is 0.350. The number of ether oxygens (including phenoxy) is 2. The summed E-state index contributed by atoms with van der Waals surface area (Å²) >= 11 is 0. The largest absolute Gasteiger partial charge is 0.493 e. The molecule has 1 aromatic rings. The highest BCUT2D eigenvalue weighted by atomic mass is 19.3. The molecule has 28 heavy (non-hydrogen) atoms. The Morgan fingerprint density at radius 2 is 1.79 bits per heavy atom. The highest BCUT2D eigenvalue weighted by molar-refractivity contribution is 5.87. The highest BCUT2D eigenvalue weighted by Gasteiger charge is 2.27. The molecule has 2 amide bonds. The summed E-state index contributed by atoms with van der Waals surface area (Å²) in [4.78, 5) is 26.4. The summed E-state index contributed by atoms with van der Waals surface area (Å²) < 4.78 is 34.4. The lowest BCUT2D eigenvalue weighted by Crippen LogP contribution is -2.50. The van der Waals surface area contributed by atoms with Crippen LogP contribution in [0.3, 0.4) is 0 Å². The van der Waals surface area contributed by atoms with Crippen LogP contribution in [0.1, 0.15) is 39.7 Å². The van der Waals surface area contributed by atoms with Gasteiger partial charge in [-0.3, -0.25) is 9.59 Å². The summed E-state index contributed by atoms with van der Waals surface area (Å²) in [6.45, 7) is 4.88. The van der Waals surface area contributed by atoms with Crippen molar-refractivity contribution in [2.24, 2.45) is 11.8 Å². The van der Waals surface area contributed by atoms with Gasteiger partial charge in [0.2, 0.25) is 11.8 Å². The number of amides is 2. The zero-order valence-corrected chi connectivity index (χ0v) is 17.3. The molecule has 1 atom stereocenters. The zero-order chi connectivity index (χ0) is 21.4. The van der Waals surface area contributed by atoms with Crippen molar-refractivity contribution in [3.63, 3.8) is 0 Å². The topological polar surface area (TPSA) is 67.9 Å². The van der Waals surface area contributed by atoms with Crippen molar-refractivity contribution < 1.29 is 27.8 Å². The first-order valence-electron chi connectivity index (χ1n) is 9.21. The number of halogens is 2. The van der Waals surface area contributed by atoms with E-state index < -0.39 is 12.7 Å². The van der Waals surface area contributed by atoms with Gasteiger partial charge in [0.15, 0.2) is 11.5 Å². The van der Waals surface area contributed by atoms with Crippen LogP contribution in [0.15, 0.2) is 18.2 Å². The average Bonchev–Trinajstić information content (AvgIpc) is 2.58. The fraction of sp³-hybridized carbons (Fsp3) is 0.600. The van der Waals surface area contributed by atoms with Crippen molar-refractivity contribution in [3.05, 3.63) is 23.8 Å². The highest BCUT2D eigenvalue weighted by Crippen LogP contribution is 2.29. The van der Waals surface area contributed by atoms with E-state index >= 15 is 0 Å². The summed E-state index contributed by atoms with van der Waals surface area (Å²) in [7, 11) is 2.98. The predicted octanol–water partition coefficient (Wildman–Crippen LogP) is 3.44. The molecular weight excluding hydrogens is 370 g/mol. The molecule has 0 fully saturated rings. The van der Waals surface area contributed by atoms with Gasteiger partial charge in [0, 0.05) is 20.0 Å². The van der Waals surface area contributed by atoms with E-state index in [0.717, 1.165) is 0 Å². The van der Waals surface area contributed by atoms with Crippen LogP contribution in [0.2, 0.25) is 0 Å². The van der Waals surface area contributed by atoms with Gasteiger partial charge in [-0.15, -0.1) is 0 Å². The molecule has 1 rings (SSSR count). The number of carbonyl (C=O) groups excluding carboxylic acids is 2. The number of hydrogen-bond donors (Lipinski definition) is 1. The van der Waals surface area contributed by atoms with E-state index in [1.165, 1.54) is 18.1 Å². The number of hydrogen-bond acceptors (Lipinski definition) is 4. The van der Waals surface area contributed by atoms with Crippen LogP contribution < -0.4 is 14.8 Å². The molecule has 158 valence electrons. The lowest BCUT2D eigenvalue weighted by Gasteiger charge is -2.27. The summed E-state index contributed by atoms with van der Waals surface area (Å²) in [5.41, 5.74) is 0.685. The SMILES string of the molecule is COc1cc(CN(C)C(=O)C(NC(=O)CC(C)C)C(C)C)ccc1OC(F)F. The molecule has 1 aromatic carbocycles. The third kappa shape index (κ3) is 7.32. The molecule has 0 bridgehead atoms. The van der Waals surface area contributed by atoms with Crippen LogP contribution in [-0.4, -0.2) is 43.5 Å². The monoisotopic (exact) mass is 400 g/mol. The van der Waals surface area contributed by atoms with Gasteiger partial charge in [-0.2, -0.15) is 8.78 Å². The molecule has 0 heterocycles. The van der Waals surface area contributed by atoms with Crippen molar-refractivity contribution in [2.75, 3.05) is 14.2 Å². The normalized spacial score (nSPS) is 12.2. The maximum absolute atomic E-state index is 12.8. The minimum atomic E-state index is -2.95. The van der Waals surface area contributed by atoms with Crippen molar-refractivity contribution >= 4 is 11.8 Å². The first-order valence-corrected chi connectivity index (χ1v) is 9.21. The maximum Gasteiger partial charge on any atom is 0.387 e. The number of alkyl halides is 2. The van der Waals surface area contributed by atoms with E-state index in [0.29, 0.717) is 12.0 Å². The third-order valence-electron chi connectivity index (χ3n) is 4.08. The molecule has 0 aromatic heterocycles. The van der Waals surface area contributed by atoms with E-state index in [1.807, 2.05) is 27.7 Å². The molecule has 1 N–H and O–H groups in total. The second kappa shape index (κ2) is 10.8. The molecule has 0 spiro atoms. The van der Waals surface area contributed by atoms with Crippen LogP contribution in [0.4, 0.5) is 8.78 Å². The number of nitrogens with one attached hydrogen (secondary N) is 1. The Hall–Kier alpha value is -2.38. The number of rotatable bonds is 10. The molecule has 6 nitrogen and oxygen atoms in total. The van der Waals surface area contributed by atoms with Gasteiger partial charge >= 0.3 is 6.61 Å². The molecule has 0 aliphatic heterocycles. The molecular formula is C20H30F2N2O4. The fourth-order valence-electron chi connectivity index (χ4n) is 2.71. The van der Waals surface area contributed by atoms with Crippen molar-refractivity contribution in [1.29, 1.82) is 0 Å². The van der Waals surface area contributed by atoms with E-state index in [2.05, 4.69) is 10.1 Å². The molecule has 0 saturated heterocycles. The molecule has 1 unspecified atom stereocenters. The molecule has 0 saturated carbocycles. The van der Waals surface area contributed by atoms with E-state index in [-0.39, 0.29) is 41.7 Å². The van der Waals surface area contributed by atoms with E-state index in [9.17, 15) is 18.4 Å². The Labute approximate surface area is 165 Å². The summed E-state index contributed by atoms with van der Waals surface area (Å²) in [5.74, 6) is -0.186. The van der Waals surface area contributed by atoms with Crippen molar-refractivity contribution in [2.45, 2.75) is 53.3 Å². The second-order valence-electron chi connectivity index (χ2n) is 7.45. The van der Waals surface area contributed by atoms with Crippen LogP contribution in [0.25, 0.3) is 0 Å². The van der Waals surface area contributed by atoms with Gasteiger partial charge < -0.3 is 19.7 Å². The van der Waals surface area contributed by atoms with Gasteiger partial charge in [0.05, 0.1) is 7.11 Å². The molecule has 0 aliphatic rings. The Kier molecular flexibility index (Phi) is 9.15. The Balaban J connectivity index is 2.87.